The molecule has 1 saturated heterocycles. The smallest absolute Gasteiger partial charge is 0.295 e. The molecule has 7 heteroatoms. The zero-order valence-electron chi connectivity index (χ0n) is 15.4. The number of benzene rings is 1. The van der Waals surface area contributed by atoms with Crippen molar-refractivity contribution in [3.8, 4) is 11.5 Å². The van der Waals surface area contributed by atoms with Crippen LogP contribution in [-0.4, -0.2) is 46.4 Å². The van der Waals surface area contributed by atoms with E-state index in [9.17, 15) is 14.7 Å². The van der Waals surface area contributed by atoms with Crippen molar-refractivity contribution in [2.45, 2.75) is 19.4 Å². The van der Waals surface area contributed by atoms with Gasteiger partial charge in [0.2, 0.25) is 0 Å². The Bertz CT molecular complexity index is 955. The van der Waals surface area contributed by atoms with Gasteiger partial charge in [-0.15, -0.1) is 0 Å². The molecule has 4 rings (SSSR count). The Morgan fingerprint density at radius 2 is 1.86 bits per heavy atom. The topological polar surface area (TPSA) is 89.0 Å². The number of aliphatic hydroxyl groups is 1. The first-order chi connectivity index (χ1) is 13.6. The van der Waals surface area contributed by atoms with Crippen LogP contribution in [0.4, 0.5) is 0 Å². The number of aliphatic hydroxyl groups excluding tert-OH is 1. The number of aromatic nitrogens is 1. The summed E-state index contributed by atoms with van der Waals surface area (Å²) < 4.78 is 11.2. The molecule has 2 aliphatic rings. The fourth-order valence-electron chi connectivity index (χ4n) is 3.59. The van der Waals surface area contributed by atoms with Crippen LogP contribution in [0.2, 0.25) is 0 Å². The summed E-state index contributed by atoms with van der Waals surface area (Å²) in [6.45, 7) is 3.24. The Balaban J connectivity index is 1.86. The minimum Gasteiger partial charge on any atom is -0.507 e. The zero-order chi connectivity index (χ0) is 19.7. The number of hydrogen-bond acceptors (Lipinski definition) is 6. The van der Waals surface area contributed by atoms with Crippen LogP contribution in [0.5, 0.6) is 11.5 Å². The molecule has 1 atom stereocenters. The van der Waals surface area contributed by atoms with Crippen LogP contribution in [0.15, 0.2) is 48.3 Å². The third-order valence-electron chi connectivity index (χ3n) is 4.84. The minimum absolute atomic E-state index is 0.0707. The lowest BCUT2D eigenvalue weighted by atomic mass is 9.95. The Morgan fingerprint density at radius 3 is 2.57 bits per heavy atom. The number of carbonyl (C=O) groups is 2. The molecule has 1 amide bonds. The van der Waals surface area contributed by atoms with Gasteiger partial charge in [0.1, 0.15) is 19.0 Å². The second kappa shape index (κ2) is 7.34. The maximum Gasteiger partial charge on any atom is 0.295 e. The number of pyridine rings is 1. The highest BCUT2D eigenvalue weighted by molar-refractivity contribution is 6.46. The number of likely N-dealkylation sites (tertiary alicyclic amines) is 1. The Morgan fingerprint density at radius 1 is 1.14 bits per heavy atom. The summed E-state index contributed by atoms with van der Waals surface area (Å²) >= 11 is 0. The highest BCUT2D eigenvalue weighted by Crippen LogP contribution is 2.42. The molecule has 2 aliphatic heterocycles. The standard InChI is InChI=1S/C21H20N2O5/c1-2-9-23-18(14-3-4-15-16(12-14)28-11-10-27-15)17(20(25)21(23)26)19(24)13-5-7-22-8-6-13/h3-8,12,18,24H,2,9-11H2,1H3/b19-17-. The third-order valence-corrected chi connectivity index (χ3v) is 4.84. The maximum absolute atomic E-state index is 12.8. The second-order valence-corrected chi connectivity index (χ2v) is 6.63. The molecule has 2 aromatic rings. The van der Waals surface area contributed by atoms with E-state index in [1.165, 1.54) is 17.3 Å². The summed E-state index contributed by atoms with van der Waals surface area (Å²) in [5.41, 5.74) is 1.20. The molecule has 0 saturated carbocycles. The number of hydrogen-bond donors (Lipinski definition) is 1. The van der Waals surface area contributed by atoms with E-state index >= 15 is 0 Å². The second-order valence-electron chi connectivity index (χ2n) is 6.63. The van der Waals surface area contributed by atoms with Gasteiger partial charge in [-0.05, 0) is 36.2 Å². The molecular weight excluding hydrogens is 360 g/mol. The Hall–Kier alpha value is -3.35. The van der Waals surface area contributed by atoms with Gasteiger partial charge in [0.05, 0.1) is 11.6 Å². The monoisotopic (exact) mass is 380 g/mol. The number of carbonyl (C=O) groups excluding carboxylic acids is 2. The lowest BCUT2D eigenvalue weighted by Gasteiger charge is -2.26. The lowest BCUT2D eigenvalue weighted by molar-refractivity contribution is -0.139. The van der Waals surface area contributed by atoms with Gasteiger partial charge in [-0.2, -0.15) is 0 Å². The van der Waals surface area contributed by atoms with Gasteiger partial charge < -0.3 is 19.5 Å². The predicted molar refractivity (Wildman–Crippen MR) is 101 cm³/mol. The number of amides is 1. The molecule has 1 aromatic carbocycles. The van der Waals surface area contributed by atoms with Crippen LogP contribution in [-0.2, 0) is 9.59 Å². The molecule has 0 aliphatic carbocycles. The van der Waals surface area contributed by atoms with Gasteiger partial charge in [0.15, 0.2) is 11.5 Å². The van der Waals surface area contributed by atoms with E-state index in [0.717, 1.165) is 0 Å². The van der Waals surface area contributed by atoms with Gasteiger partial charge in [-0.3, -0.25) is 14.6 Å². The summed E-state index contributed by atoms with van der Waals surface area (Å²) in [4.78, 5) is 30.9. The van der Waals surface area contributed by atoms with Crippen LogP contribution >= 0.6 is 0 Å². The fraction of sp³-hybridized carbons (Fsp3) is 0.286. The maximum atomic E-state index is 12.8. The SMILES string of the molecule is CCCN1C(=O)C(=O)/C(=C(\O)c2ccncc2)C1c1ccc2c(c1)OCCO2. The number of rotatable bonds is 4. The first-order valence-electron chi connectivity index (χ1n) is 9.20. The number of fused-ring (bicyclic) bond motifs is 1. The van der Waals surface area contributed by atoms with Crippen molar-refractivity contribution in [2.75, 3.05) is 19.8 Å². The number of ether oxygens (including phenoxy) is 2. The molecule has 1 N–H and O–H groups in total. The van der Waals surface area contributed by atoms with Crippen molar-refractivity contribution in [3.63, 3.8) is 0 Å². The molecule has 7 nitrogen and oxygen atoms in total. The van der Waals surface area contributed by atoms with Crippen molar-refractivity contribution in [1.29, 1.82) is 0 Å². The Kier molecular flexibility index (Phi) is 4.73. The van der Waals surface area contributed by atoms with E-state index in [1.807, 2.05) is 6.92 Å². The van der Waals surface area contributed by atoms with Crippen molar-refractivity contribution in [3.05, 3.63) is 59.4 Å². The first-order valence-corrected chi connectivity index (χ1v) is 9.20. The van der Waals surface area contributed by atoms with E-state index in [1.54, 1.807) is 30.3 Å². The third kappa shape index (κ3) is 2.98. The molecule has 28 heavy (non-hydrogen) atoms. The zero-order valence-corrected chi connectivity index (χ0v) is 15.4. The Labute approximate surface area is 162 Å². The van der Waals surface area contributed by atoms with Crippen LogP contribution in [0, 0.1) is 0 Å². The van der Waals surface area contributed by atoms with Crippen molar-refractivity contribution < 1.29 is 24.2 Å². The molecule has 1 aromatic heterocycles. The summed E-state index contributed by atoms with van der Waals surface area (Å²) in [6, 6.07) is 7.85. The average Bonchev–Trinajstić information content (AvgIpc) is 2.99. The molecule has 144 valence electrons. The average molecular weight is 380 g/mol. The van der Waals surface area contributed by atoms with E-state index in [0.29, 0.717) is 48.8 Å². The van der Waals surface area contributed by atoms with E-state index in [4.69, 9.17) is 9.47 Å². The van der Waals surface area contributed by atoms with Gasteiger partial charge >= 0.3 is 0 Å². The largest absolute Gasteiger partial charge is 0.507 e. The summed E-state index contributed by atoms with van der Waals surface area (Å²) in [6.07, 6.45) is 3.73. The molecule has 0 spiro atoms. The van der Waals surface area contributed by atoms with Gasteiger partial charge in [-0.1, -0.05) is 13.0 Å². The summed E-state index contributed by atoms with van der Waals surface area (Å²) in [7, 11) is 0. The van der Waals surface area contributed by atoms with Crippen molar-refractivity contribution >= 4 is 17.4 Å². The quantitative estimate of drug-likeness (QED) is 0.498. The first kappa shape index (κ1) is 18.0. The molecule has 1 unspecified atom stereocenters. The summed E-state index contributed by atoms with van der Waals surface area (Å²) in [5.74, 6) is -0.328. The number of nitrogens with zero attached hydrogens (tertiary/aromatic N) is 2. The van der Waals surface area contributed by atoms with Crippen LogP contribution in [0.25, 0.3) is 5.76 Å². The van der Waals surface area contributed by atoms with Crippen LogP contribution in [0.1, 0.15) is 30.5 Å². The van der Waals surface area contributed by atoms with E-state index < -0.39 is 17.7 Å². The molecular formula is C21H20N2O5. The lowest BCUT2D eigenvalue weighted by Crippen LogP contribution is -2.30. The molecule has 1 fully saturated rings. The van der Waals surface area contributed by atoms with Gasteiger partial charge in [0.25, 0.3) is 11.7 Å². The molecule has 0 bridgehead atoms. The van der Waals surface area contributed by atoms with Crippen molar-refractivity contribution in [2.24, 2.45) is 0 Å². The molecule has 3 heterocycles. The number of Topliss-reactive ketones (excluding diaryl/α,β-unsaturated/α-hetero) is 1. The minimum atomic E-state index is -0.692. The molecule has 0 radical (unpaired) electrons. The van der Waals surface area contributed by atoms with Crippen LogP contribution in [0.3, 0.4) is 0 Å². The highest BCUT2D eigenvalue weighted by Gasteiger charge is 2.45. The van der Waals surface area contributed by atoms with E-state index in [-0.39, 0.29) is 11.3 Å². The summed E-state index contributed by atoms with van der Waals surface area (Å²) in [5, 5.41) is 10.9. The normalized spacial score (nSPS) is 20.5. The van der Waals surface area contributed by atoms with E-state index in [2.05, 4.69) is 4.98 Å². The predicted octanol–water partition coefficient (Wildman–Crippen LogP) is 2.68. The van der Waals surface area contributed by atoms with Gasteiger partial charge in [-0.25, -0.2) is 0 Å². The van der Waals surface area contributed by atoms with Gasteiger partial charge in [0, 0.05) is 24.5 Å². The fourth-order valence-corrected chi connectivity index (χ4v) is 3.59. The highest BCUT2D eigenvalue weighted by atomic mass is 16.6. The number of ketones is 1. The van der Waals surface area contributed by atoms with Crippen LogP contribution < -0.4 is 9.47 Å². The van der Waals surface area contributed by atoms with Crippen molar-refractivity contribution in [1.82, 2.24) is 9.88 Å².